The molecule has 9 nitrogen and oxygen atoms in total. The highest BCUT2D eigenvalue weighted by Crippen LogP contribution is 2.37. The summed E-state index contributed by atoms with van der Waals surface area (Å²) in [6.45, 7) is 3.76. The molecule has 2 fully saturated rings. The van der Waals surface area contributed by atoms with Crippen molar-refractivity contribution in [3.63, 3.8) is 0 Å². The molecule has 30 heavy (non-hydrogen) atoms. The van der Waals surface area contributed by atoms with Gasteiger partial charge in [-0.3, -0.25) is 9.69 Å². The number of carbonyl (C=O) groups excluding carboxylic acids is 2. The van der Waals surface area contributed by atoms with E-state index in [1.54, 1.807) is 25.1 Å². The summed E-state index contributed by atoms with van der Waals surface area (Å²) in [7, 11) is -3.29. The van der Waals surface area contributed by atoms with Gasteiger partial charge in [-0.05, 0) is 43.4 Å². The fraction of sp³-hybridized carbons (Fsp3) is 0.600. The van der Waals surface area contributed by atoms with E-state index < -0.39 is 21.6 Å². The van der Waals surface area contributed by atoms with Crippen LogP contribution in [-0.4, -0.2) is 68.7 Å². The molecule has 0 unspecified atom stereocenters. The molecule has 1 aromatic carbocycles. The highest BCUT2D eigenvalue weighted by Gasteiger charge is 2.50. The van der Waals surface area contributed by atoms with Crippen LogP contribution in [0.5, 0.6) is 11.5 Å². The number of sulfonamides is 1. The SMILES string of the molecule is C[C@]1(c2ccc3c(c2)OCCCO3)NC(=O)N(C[C@@H]2CCCN(S(C)(=O)=O)C2)C1=O. The van der Waals surface area contributed by atoms with E-state index in [4.69, 9.17) is 9.47 Å². The quantitative estimate of drug-likeness (QED) is 0.712. The summed E-state index contributed by atoms with van der Waals surface area (Å²) in [6, 6.07) is 4.80. The number of hydrogen-bond donors (Lipinski definition) is 1. The van der Waals surface area contributed by atoms with Gasteiger partial charge >= 0.3 is 6.03 Å². The van der Waals surface area contributed by atoms with Crippen LogP contribution in [0.2, 0.25) is 0 Å². The number of hydrogen-bond acceptors (Lipinski definition) is 6. The standard InChI is InChI=1S/C20H27N3O6S/c1-20(15-6-7-16-17(11-15)29-10-4-9-28-16)18(24)23(19(25)21-20)13-14-5-3-8-22(12-14)30(2,26)27/h6-7,11,14H,3-5,8-10,12-13H2,1-2H3,(H,21,25)/t14-,20-/m1/s1. The third-order valence-corrected chi connectivity index (χ3v) is 7.26. The van der Waals surface area contributed by atoms with Crippen molar-refractivity contribution in [1.29, 1.82) is 0 Å². The van der Waals surface area contributed by atoms with Gasteiger partial charge in [0.05, 0.1) is 19.5 Å². The number of imide groups is 1. The molecule has 0 bridgehead atoms. The van der Waals surface area contributed by atoms with Crippen molar-refractivity contribution in [3.05, 3.63) is 23.8 Å². The number of rotatable bonds is 4. The maximum atomic E-state index is 13.3. The van der Waals surface area contributed by atoms with Crippen LogP contribution < -0.4 is 14.8 Å². The summed E-state index contributed by atoms with van der Waals surface area (Å²) in [5.74, 6) is 0.743. The van der Waals surface area contributed by atoms with Crippen LogP contribution in [0.3, 0.4) is 0 Å². The number of amides is 3. The summed E-state index contributed by atoms with van der Waals surface area (Å²) in [5.41, 5.74) is -0.596. The van der Waals surface area contributed by atoms with Crippen molar-refractivity contribution in [2.24, 2.45) is 5.92 Å². The number of fused-ring (bicyclic) bond motifs is 1. The zero-order chi connectivity index (χ0) is 21.5. The highest BCUT2D eigenvalue weighted by molar-refractivity contribution is 7.88. The Morgan fingerprint density at radius 1 is 1.17 bits per heavy atom. The van der Waals surface area contributed by atoms with Gasteiger partial charge in [-0.2, -0.15) is 0 Å². The molecule has 0 aliphatic carbocycles. The van der Waals surface area contributed by atoms with Crippen LogP contribution in [-0.2, 0) is 20.4 Å². The highest BCUT2D eigenvalue weighted by atomic mass is 32.2. The monoisotopic (exact) mass is 437 g/mol. The van der Waals surface area contributed by atoms with E-state index in [0.29, 0.717) is 49.8 Å². The Labute approximate surface area is 176 Å². The van der Waals surface area contributed by atoms with Gasteiger partial charge in [-0.25, -0.2) is 17.5 Å². The molecule has 0 aromatic heterocycles. The summed E-state index contributed by atoms with van der Waals surface area (Å²) in [6.07, 6.45) is 3.44. The number of urea groups is 1. The molecule has 3 aliphatic rings. The lowest BCUT2D eigenvalue weighted by atomic mass is 9.91. The van der Waals surface area contributed by atoms with E-state index in [1.165, 1.54) is 15.5 Å². The predicted octanol–water partition coefficient (Wildman–Crippen LogP) is 1.29. The topological polar surface area (TPSA) is 105 Å². The van der Waals surface area contributed by atoms with Crippen molar-refractivity contribution in [2.45, 2.75) is 31.7 Å². The lowest BCUT2D eigenvalue weighted by Crippen LogP contribution is -2.45. The minimum atomic E-state index is -3.29. The van der Waals surface area contributed by atoms with Crippen LogP contribution in [0, 0.1) is 5.92 Å². The molecule has 3 heterocycles. The molecule has 0 saturated carbocycles. The lowest BCUT2D eigenvalue weighted by Gasteiger charge is -2.32. The molecule has 10 heteroatoms. The second-order valence-corrected chi connectivity index (χ2v) is 10.3. The largest absolute Gasteiger partial charge is 0.490 e. The minimum absolute atomic E-state index is 0.0886. The van der Waals surface area contributed by atoms with Gasteiger partial charge in [-0.1, -0.05) is 6.07 Å². The molecule has 0 spiro atoms. The second kappa shape index (κ2) is 7.73. The summed E-state index contributed by atoms with van der Waals surface area (Å²) in [4.78, 5) is 27.1. The van der Waals surface area contributed by atoms with Gasteiger partial charge in [0, 0.05) is 26.1 Å². The number of ether oxygens (including phenoxy) is 2. The Hall–Kier alpha value is -2.33. The van der Waals surface area contributed by atoms with Gasteiger partial charge in [0.1, 0.15) is 5.54 Å². The minimum Gasteiger partial charge on any atom is -0.490 e. The molecule has 164 valence electrons. The third-order valence-electron chi connectivity index (χ3n) is 5.99. The van der Waals surface area contributed by atoms with Crippen molar-refractivity contribution in [1.82, 2.24) is 14.5 Å². The summed E-state index contributed by atoms with van der Waals surface area (Å²) < 4.78 is 36.5. The van der Waals surface area contributed by atoms with Crippen molar-refractivity contribution < 1.29 is 27.5 Å². The number of piperidine rings is 1. The van der Waals surface area contributed by atoms with Crippen LogP contribution in [0.15, 0.2) is 18.2 Å². The number of nitrogens with zero attached hydrogens (tertiary/aromatic N) is 2. The molecular formula is C20H27N3O6S. The van der Waals surface area contributed by atoms with Crippen LogP contribution >= 0.6 is 0 Å². The predicted molar refractivity (Wildman–Crippen MR) is 109 cm³/mol. The second-order valence-electron chi connectivity index (χ2n) is 8.31. The van der Waals surface area contributed by atoms with Crippen molar-refractivity contribution >= 4 is 22.0 Å². The normalized spacial score (nSPS) is 27.7. The molecule has 3 aliphatic heterocycles. The molecule has 3 amide bonds. The van der Waals surface area contributed by atoms with Gasteiger partial charge in [-0.15, -0.1) is 0 Å². The Balaban J connectivity index is 1.53. The number of benzene rings is 1. The van der Waals surface area contributed by atoms with Gasteiger partial charge in [0.2, 0.25) is 10.0 Å². The van der Waals surface area contributed by atoms with E-state index in [2.05, 4.69) is 5.32 Å². The van der Waals surface area contributed by atoms with E-state index in [9.17, 15) is 18.0 Å². The van der Waals surface area contributed by atoms with Crippen LogP contribution in [0.25, 0.3) is 0 Å². The molecule has 2 atom stereocenters. The first-order chi connectivity index (χ1) is 14.2. The van der Waals surface area contributed by atoms with E-state index >= 15 is 0 Å². The average molecular weight is 438 g/mol. The van der Waals surface area contributed by atoms with Gasteiger partial charge in [0.15, 0.2) is 11.5 Å². The Morgan fingerprint density at radius 2 is 1.90 bits per heavy atom. The maximum absolute atomic E-state index is 13.3. The zero-order valence-electron chi connectivity index (χ0n) is 17.2. The van der Waals surface area contributed by atoms with Crippen molar-refractivity contribution in [2.75, 3.05) is 39.1 Å². The number of carbonyl (C=O) groups is 2. The number of nitrogens with one attached hydrogen (secondary N) is 1. The van der Waals surface area contributed by atoms with Gasteiger partial charge < -0.3 is 14.8 Å². The first-order valence-corrected chi connectivity index (χ1v) is 12.0. The first-order valence-electron chi connectivity index (χ1n) is 10.2. The van der Waals surface area contributed by atoms with Gasteiger partial charge in [0.25, 0.3) is 5.91 Å². The third kappa shape index (κ3) is 3.85. The summed E-state index contributed by atoms with van der Waals surface area (Å²) >= 11 is 0. The smallest absolute Gasteiger partial charge is 0.325 e. The average Bonchev–Trinajstić information content (AvgIpc) is 2.87. The maximum Gasteiger partial charge on any atom is 0.325 e. The Morgan fingerprint density at radius 3 is 2.63 bits per heavy atom. The fourth-order valence-electron chi connectivity index (χ4n) is 4.27. The molecular weight excluding hydrogens is 410 g/mol. The zero-order valence-corrected chi connectivity index (χ0v) is 18.0. The van der Waals surface area contributed by atoms with E-state index in [0.717, 1.165) is 12.8 Å². The summed E-state index contributed by atoms with van der Waals surface area (Å²) in [5, 5.41) is 2.81. The van der Waals surface area contributed by atoms with E-state index in [-0.39, 0.29) is 18.4 Å². The molecule has 1 N–H and O–H groups in total. The van der Waals surface area contributed by atoms with Crippen molar-refractivity contribution in [3.8, 4) is 11.5 Å². The lowest BCUT2D eigenvalue weighted by molar-refractivity contribution is -0.131. The molecule has 0 radical (unpaired) electrons. The first kappa shape index (κ1) is 20.9. The van der Waals surface area contributed by atoms with E-state index in [1.807, 2.05) is 0 Å². The molecule has 1 aromatic rings. The Bertz CT molecular complexity index is 965. The van der Waals surface area contributed by atoms with Crippen LogP contribution in [0.1, 0.15) is 31.7 Å². The molecule has 2 saturated heterocycles. The molecule has 4 rings (SSSR count). The van der Waals surface area contributed by atoms with Crippen LogP contribution in [0.4, 0.5) is 4.79 Å². The Kier molecular flexibility index (Phi) is 5.39. The fourth-order valence-corrected chi connectivity index (χ4v) is 5.21.